The molecule has 5 heteroatoms. The van der Waals surface area contributed by atoms with Crippen LogP contribution in [0.4, 0.5) is 0 Å². The van der Waals surface area contributed by atoms with Gasteiger partial charge < -0.3 is 17.2 Å². The Bertz CT molecular complexity index is 471. The van der Waals surface area contributed by atoms with Crippen molar-refractivity contribution in [3.63, 3.8) is 0 Å². The van der Waals surface area contributed by atoms with Crippen molar-refractivity contribution in [1.82, 2.24) is 0 Å². The Labute approximate surface area is 151 Å². The standard InChI is InChI=1S/C12H8N2O.2Y/c1-8-4-11(15)5-9(2)12(8)6-10(7-13)14-3;;/h6,15H,1-2H3;;/q-2;;/b10-6+;;. The molecule has 2 radical (unpaired) electrons. The van der Waals surface area contributed by atoms with E-state index in [2.05, 4.69) is 17.0 Å². The molecule has 0 amide bonds. The molecule has 80 valence electrons. The fraction of sp³-hybridized carbons (Fsp3) is 0.167. The minimum atomic E-state index is -0.0523. The first-order chi connectivity index (χ1) is 7.08. The Morgan fingerprint density at radius 2 is 1.82 bits per heavy atom. The van der Waals surface area contributed by atoms with Gasteiger partial charge in [0.05, 0.1) is 12.6 Å². The van der Waals surface area contributed by atoms with Gasteiger partial charge >= 0.3 is 0 Å². The number of phenolic OH excluding ortho intramolecular Hbond substituents is 1. The largest absolute Gasteiger partial charge is 0.559 e. The smallest absolute Gasteiger partial charge is 0.240 e. The van der Waals surface area contributed by atoms with Crippen molar-refractivity contribution >= 4 is 6.08 Å². The van der Waals surface area contributed by atoms with Gasteiger partial charge in [-0.15, -0.1) is 11.8 Å². The van der Waals surface area contributed by atoms with Gasteiger partial charge in [-0.2, -0.15) is 0 Å². The molecule has 0 aliphatic rings. The van der Waals surface area contributed by atoms with Crippen LogP contribution in [0.15, 0.2) is 5.70 Å². The van der Waals surface area contributed by atoms with Crippen LogP contribution in [0.2, 0.25) is 0 Å². The molecule has 17 heavy (non-hydrogen) atoms. The number of allylic oxidation sites excluding steroid dienone is 1. The number of rotatable bonds is 1. The Morgan fingerprint density at radius 1 is 1.35 bits per heavy atom. The van der Waals surface area contributed by atoms with Crippen molar-refractivity contribution in [2.45, 2.75) is 13.8 Å². The van der Waals surface area contributed by atoms with Gasteiger partial charge in [-0.05, 0) is 0 Å². The number of hydrogen-bond acceptors (Lipinski definition) is 2. The molecule has 1 aromatic carbocycles. The molecule has 0 aliphatic carbocycles. The van der Waals surface area contributed by atoms with E-state index in [1.165, 1.54) is 6.08 Å². The molecule has 0 aromatic heterocycles. The summed E-state index contributed by atoms with van der Waals surface area (Å²) >= 11 is 0. The van der Waals surface area contributed by atoms with Crippen molar-refractivity contribution in [2.24, 2.45) is 0 Å². The maximum Gasteiger partial charge on any atom is 0.240 e. The van der Waals surface area contributed by atoms with Gasteiger partial charge in [-0.25, -0.2) is 10.1 Å². The van der Waals surface area contributed by atoms with E-state index in [0.29, 0.717) is 16.7 Å². The van der Waals surface area contributed by atoms with E-state index in [1.807, 2.05) is 0 Å². The fourth-order valence-electron chi connectivity index (χ4n) is 1.25. The van der Waals surface area contributed by atoms with Gasteiger partial charge in [-0.3, -0.25) is 16.7 Å². The number of aromatic hydroxyl groups is 1. The molecule has 1 aromatic rings. The Morgan fingerprint density at radius 3 is 2.18 bits per heavy atom. The number of benzene rings is 1. The Kier molecular flexibility index (Phi) is 10.2. The zero-order chi connectivity index (χ0) is 11.4. The summed E-state index contributed by atoms with van der Waals surface area (Å²) in [5.74, 6) is -0.0523. The minimum Gasteiger partial charge on any atom is -0.559 e. The van der Waals surface area contributed by atoms with Crippen LogP contribution in [-0.4, -0.2) is 5.11 Å². The Hall–Kier alpha value is -0.0522. The number of phenols is 1. The summed E-state index contributed by atoms with van der Waals surface area (Å²) in [6.45, 7) is 10.3. The molecule has 0 saturated carbocycles. The second kappa shape index (κ2) is 8.95. The summed E-state index contributed by atoms with van der Waals surface area (Å²) in [7, 11) is 0. The maximum atomic E-state index is 9.21. The normalized spacial score (nSPS) is 9.29. The number of aryl methyl sites for hydroxylation is 2. The van der Waals surface area contributed by atoms with Gasteiger partial charge in [0.25, 0.3) is 0 Å². The number of hydrogen-bond donors (Lipinski definition) is 1. The molecule has 0 fully saturated rings. The van der Waals surface area contributed by atoms with Crippen LogP contribution in [0.25, 0.3) is 10.9 Å². The van der Waals surface area contributed by atoms with Crippen LogP contribution in [0, 0.1) is 43.9 Å². The fourth-order valence-corrected chi connectivity index (χ4v) is 1.25. The molecule has 0 aliphatic heterocycles. The molecular formula is C12H8N2OY2-2. The monoisotopic (exact) mass is 374 g/mol. The predicted molar refractivity (Wildman–Crippen MR) is 55.4 cm³/mol. The molecule has 0 spiro atoms. The van der Waals surface area contributed by atoms with Crippen LogP contribution in [0.3, 0.4) is 0 Å². The molecule has 0 bridgehead atoms. The second-order valence-electron chi connectivity index (χ2n) is 3.02. The second-order valence-corrected chi connectivity index (χ2v) is 3.02. The third kappa shape index (κ3) is 5.41. The van der Waals surface area contributed by atoms with Gasteiger partial charge in [0.2, 0.25) is 5.70 Å². The van der Waals surface area contributed by atoms with E-state index in [9.17, 15) is 5.11 Å². The van der Waals surface area contributed by atoms with E-state index in [0.717, 1.165) is 0 Å². The van der Waals surface area contributed by atoms with Crippen molar-refractivity contribution in [2.75, 3.05) is 0 Å². The third-order valence-corrected chi connectivity index (χ3v) is 1.94. The Balaban J connectivity index is 0. The average Bonchev–Trinajstić information content (AvgIpc) is 2.17. The quantitative estimate of drug-likeness (QED) is 0.607. The summed E-state index contributed by atoms with van der Waals surface area (Å²) in [4.78, 5) is 3.07. The van der Waals surface area contributed by atoms with Crippen molar-refractivity contribution in [3.8, 4) is 11.8 Å². The summed E-state index contributed by atoms with van der Waals surface area (Å²) < 4.78 is 0. The molecule has 0 saturated heterocycles. The van der Waals surface area contributed by atoms with Crippen molar-refractivity contribution < 1.29 is 70.5 Å². The summed E-state index contributed by atoms with van der Waals surface area (Å²) in [5.41, 5.74) is 2.11. The predicted octanol–water partition coefficient (Wildman–Crippen LogP) is 2.39. The average molecular weight is 374 g/mol. The van der Waals surface area contributed by atoms with Crippen LogP contribution in [-0.2, 0) is 65.4 Å². The maximum absolute atomic E-state index is 9.21. The van der Waals surface area contributed by atoms with E-state index in [1.54, 1.807) is 19.9 Å². The summed E-state index contributed by atoms with van der Waals surface area (Å²) in [6.07, 6.45) is 1.48. The zero-order valence-corrected chi connectivity index (χ0v) is 15.3. The first-order valence-corrected chi connectivity index (χ1v) is 4.22. The van der Waals surface area contributed by atoms with E-state index < -0.39 is 0 Å². The van der Waals surface area contributed by atoms with Crippen LogP contribution in [0.5, 0.6) is 5.75 Å². The minimum absolute atomic E-state index is 0. The molecule has 3 nitrogen and oxygen atoms in total. The SMILES string of the molecule is [C-]#[N+]/C(C#N)=C/c1c(C)[c-]c(O)[c-]c1C.[Y].[Y]. The molecule has 1 N–H and O–H groups in total. The first kappa shape index (κ1) is 19.3. The van der Waals surface area contributed by atoms with Crippen LogP contribution >= 0.6 is 0 Å². The van der Waals surface area contributed by atoms with Crippen molar-refractivity contribution in [1.29, 1.82) is 5.26 Å². The van der Waals surface area contributed by atoms with Crippen LogP contribution in [0.1, 0.15) is 16.7 Å². The molecule has 0 unspecified atom stereocenters. The molecular weight excluding hydrogens is 366 g/mol. The summed E-state index contributed by atoms with van der Waals surface area (Å²) in [5, 5.41) is 17.8. The third-order valence-electron chi connectivity index (χ3n) is 1.94. The molecule has 0 atom stereocenters. The number of nitriles is 1. The van der Waals surface area contributed by atoms with E-state index in [-0.39, 0.29) is 76.9 Å². The van der Waals surface area contributed by atoms with Gasteiger partial charge in [0, 0.05) is 65.4 Å². The van der Waals surface area contributed by atoms with Gasteiger partial charge in [-0.1, -0.05) is 13.8 Å². The van der Waals surface area contributed by atoms with E-state index in [4.69, 9.17) is 11.8 Å². The molecule has 0 heterocycles. The van der Waals surface area contributed by atoms with Gasteiger partial charge in [0.15, 0.2) is 0 Å². The number of nitrogens with zero attached hydrogens (tertiary/aromatic N) is 2. The van der Waals surface area contributed by atoms with Crippen molar-refractivity contribution in [3.05, 3.63) is 45.9 Å². The molecule has 1 rings (SSSR count). The van der Waals surface area contributed by atoms with Crippen LogP contribution < -0.4 is 0 Å². The summed E-state index contributed by atoms with van der Waals surface area (Å²) in [6, 6.07) is 7.14. The van der Waals surface area contributed by atoms with E-state index >= 15 is 0 Å². The zero-order valence-electron chi connectivity index (χ0n) is 9.57. The van der Waals surface area contributed by atoms with Gasteiger partial charge in [0.1, 0.15) is 0 Å². The first-order valence-electron chi connectivity index (χ1n) is 4.22. The topological polar surface area (TPSA) is 48.4 Å².